The van der Waals surface area contributed by atoms with Gasteiger partial charge in [0.15, 0.2) is 0 Å². The molecule has 0 aromatic rings. The topological polar surface area (TPSA) is 52.7 Å². The van der Waals surface area contributed by atoms with Gasteiger partial charge >= 0.3 is 0 Å². The van der Waals surface area contributed by atoms with Crippen LogP contribution in [0.25, 0.3) is 0 Å². The Labute approximate surface area is 110 Å². The van der Waals surface area contributed by atoms with Crippen molar-refractivity contribution in [2.45, 2.75) is 39.7 Å². The number of carbonyl (C=O) groups is 2. The highest BCUT2D eigenvalue weighted by molar-refractivity contribution is 5.81. The summed E-state index contributed by atoms with van der Waals surface area (Å²) in [6.07, 6.45) is 2.25. The standard InChI is InChI=1S/C13H25N3O2/c1-4-15(5-2)12(17)9-14-10-13(18)16(6-3)11-7-8-11/h11,14H,4-10H2,1-3H3. The van der Waals surface area contributed by atoms with Crippen LogP contribution in [0.4, 0.5) is 0 Å². The van der Waals surface area contributed by atoms with Crippen LogP contribution in [-0.4, -0.2) is 60.4 Å². The zero-order chi connectivity index (χ0) is 13.5. The number of rotatable bonds is 8. The summed E-state index contributed by atoms with van der Waals surface area (Å²) in [5.74, 6) is 0.162. The van der Waals surface area contributed by atoms with E-state index < -0.39 is 0 Å². The molecule has 0 saturated heterocycles. The highest BCUT2D eigenvalue weighted by atomic mass is 16.2. The van der Waals surface area contributed by atoms with Crippen molar-refractivity contribution in [3.05, 3.63) is 0 Å². The molecule has 2 amide bonds. The quantitative estimate of drug-likeness (QED) is 0.685. The van der Waals surface area contributed by atoms with E-state index in [9.17, 15) is 9.59 Å². The zero-order valence-electron chi connectivity index (χ0n) is 11.7. The fourth-order valence-electron chi connectivity index (χ4n) is 2.09. The summed E-state index contributed by atoms with van der Waals surface area (Å²) >= 11 is 0. The first-order valence-corrected chi connectivity index (χ1v) is 6.91. The lowest BCUT2D eigenvalue weighted by molar-refractivity contribution is -0.131. The normalized spacial score (nSPS) is 14.4. The molecule has 1 rings (SSSR count). The van der Waals surface area contributed by atoms with Crippen molar-refractivity contribution >= 4 is 11.8 Å². The van der Waals surface area contributed by atoms with Crippen LogP contribution in [-0.2, 0) is 9.59 Å². The smallest absolute Gasteiger partial charge is 0.236 e. The molecule has 0 aromatic heterocycles. The number of carbonyl (C=O) groups excluding carboxylic acids is 2. The van der Waals surface area contributed by atoms with Gasteiger partial charge in [-0.15, -0.1) is 0 Å². The van der Waals surface area contributed by atoms with Crippen molar-refractivity contribution in [3.8, 4) is 0 Å². The Morgan fingerprint density at radius 2 is 1.56 bits per heavy atom. The minimum absolute atomic E-state index is 0.0577. The van der Waals surface area contributed by atoms with Crippen molar-refractivity contribution in [3.63, 3.8) is 0 Å². The van der Waals surface area contributed by atoms with E-state index in [1.54, 1.807) is 4.90 Å². The molecule has 1 aliphatic carbocycles. The number of likely N-dealkylation sites (N-methyl/N-ethyl adjacent to an activating group) is 2. The van der Waals surface area contributed by atoms with Crippen LogP contribution in [0.5, 0.6) is 0 Å². The molecule has 1 aliphatic rings. The van der Waals surface area contributed by atoms with Gasteiger partial charge < -0.3 is 9.80 Å². The summed E-state index contributed by atoms with van der Waals surface area (Å²) in [6, 6.07) is 0.447. The summed E-state index contributed by atoms with van der Waals surface area (Å²) in [4.78, 5) is 27.3. The molecule has 1 saturated carbocycles. The number of amides is 2. The lowest BCUT2D eigenvalue weighted by atomic mass is 10.4. The van der Waals surface area contributed by atoms with Crippen molar-refractivity contribution in [1.82, 2.24) is 15.1 Å². The molecule has 1 N–H and O–H groups in total. The lowest BCUT2D eigenvalue weighted by Crippen LogP contribution is -2.43. The molecular weight excluding hydrogens is 230 g/mol. The van der Waals surface area contributed by atoms with Crippen molar-refractivity contribution in [2.24, 2.45) is 0 Å². The Bertz CT molecular complexity index is 286. The zero-order valence-corrected chi connectivity index (χ0v) is 11.7. The molecule has 5 nitrogen and oxygen atoms in total. The van der Waals surface area contributed by atoms with Gasteiger partial charge in [-0.05, 0) is 33.6 Å². The van der Waals surface area contributed by atoms with Crippen LogP contribution < -0.4 is 5.32 Å². The van der Waals surface area contributed by atoms with Crippen LogP contribution in [0.3, 0.4) is 0 Å². The van der Waals surface area contributed by atoms with Crippen molar-refractivity contribution < 1.29 is 9.59 Å². The average Bonchev–Trinajstić information content (AvgIpc) is 3.16. The Balaban J connectivity index is 2.24. The van der Waals surface area contributed by atoms with E-state index in [2.05, 4.69) is 5.32 Å². The van der Waals surface area contributed by atoms with E-state index in [0.717, 1.165) is 19.4 Å². The Hall–Kier alpha value is -1.10. The molecule has 5 heteroatoms. The van der Waals surface area contributed by atoms with E-state index >= 15 is 0 Å². The molecule has 0 unspecified atom stereocenters. The highest BCUT2D eigenvalue weighted by Crippen LogP contribution is 2.26. The van der Waals surface area contributed by atoms with E-state index in [1.165, 1.54) is 0 Å². The first-order valence-electron chi connectivity index (χ1n) is 6.91. The minimum Gasteiger partial charge on any atom is -0.342 e. The van der Waals surface area contributed by atoms with Gasteiger partial charge in [-0.1, -0.05) is 0 Å². The number of hydrogen-bond donors (Lipinski definition) is 1. The minimum atomic E-state index is 0.0577. The molecule has 0 heterocycles. The molecule has 1 fully saturated rings. The molecule has 0 bridgehead atoms. The number of nitrogens with zero attached hydrogens (tertiary/aromatic N) is 2. The predicted molar refractivity (Wildman–Crippen MR) is 71.2 cm³/mol. The van der Waals surface area contributed by atoms with Gasteiger partial charge in [0.1, 0.15) is 0 Å². The third-order valence-electron chi connectivity index (χ3n) is 3.32. The van der Waals surface area contributed by atoms with Gasteiger partial charge in [0.05, 0.1) is 13.1 Å². The largest absolute Gasteiger partial charge is 0.342 e. The van der Waals surface area contributed by atoms with E-state index in [4.69, 9.17) is 0 Å². The lowest BCUT2D eigenvalue weighted by Gasteiger charge is -2.22. The third-order valence-corrected chi connectivity index (χ3v) is 3.32. The second kappa shape index (κ2) is 7.36. The Morgan fingerprint density at radius 1 is 1.00 bits per heavy atom. The molecule has 104 valence electrons. The van der Waals surface area contributed by atoms with Gasteiger partial charge in [0.25, 0.3) is 0 Å². The van der Waals surface area contributed by atoms with Crippen LogP contribution in [0, 0.1) is 0 Å². The number of hydrogen-bond acceptors (Lipinski definition) is 3. The second-order valence-electron chi connectivity index (χ2n) is 4.58. The summed E-state index contributed by atoms with van der Waals surface area (Å²) in [7, 11) is 0. The molecule has 0 radical (unpaired) electrons. The highest BCUT2D eigenvalue weighted by Gasteiger charge is 2.30. The Kier molecular flexibility index (Phi) is 6.12. The molecule has 0 atom stereocenters. The molecule has 0 aliphatic heterocycles. The van der Waals surface area contributed by atoms with Crippen LogP contribution in [0.1, 0.15) is 33.6 Å². The summed E-state index contributed by atoms with van der Waals surface area (Å²) in [5, 5.41) is 2.95. The van der Waals surface area contributed by atoms with E-state index in [1.807, 2.05) is 25.7 Å². The van der Waals surface area contributed by atoms with E-state index in [-0.39, 0.29) is 24.9 Å². The van der Waals surface area contributed by atoms with Gasteiger partial charge in [-0.25, -0.2) is 0 Å². The van der Waals surface area contributed by atoms with Gasteiger partial charge in [-0.2, -0.15) is 0 Å². The first-order chi connectivity index (χ1) is 8.63. The van der Waals surface area contributed by atoms with Crippen molar-refractivity contribution in [2.75, 3.05) is 32.7 Å². The third kappa shape index (κ3) is 4.29. The summed E-state index contributed by atoms with van der Waals surface area (Å²) in [5.41, 5.74) is 0. The maximum absolute atomic E-state index is 11.9. The number of nitrogens with one attached hydrogen (secondary N) is 1. The van der Waals surface area contributed by atoms with Gasteiger partial charge in [0.2, 0.25) is 11.8 Å². The summed E-state index contributed by atoms with van der Waals surface area (Å²) in [6.45, 7) is 8.61. The van der Waals surface area contributed by atoms with E-state index in [0.29, 0.717) is 19.1 Å². The SMILES string of the molecule is CCN(CC)C(=O)CNCC(=O)N(CC)C1CC1. The maximum atomic E-state index is 11.9. The van der Waals surface area contributed by atoms with Crippen LogP contribution in [0.15, 0.2) is 0 Å². The van der Waals surface area contributed by atoms with Crippen molar-refractivity contribution in [1.29, 1.82) is 0 Å². The monoisotopic (exact) mass is 255 g/mol. The van der Waals surface area contributed by atoms with Gasteiger partial charge in [0, 0.05) is 25.7 Å². The van der Waals surface area contributed by atoms with Crippen LogP contribution in [0.2, 0.25) is 0 Å². The molecule has 18 heavy (non-hydrogen) atoms. The fourth-order valence-corrected chi connectivity index (χ4v) is 2.09. The van der Waals surface area contributed by atoms with Crippen LogP contribution >= 0.6 is 0 Å². The summed E-state index contributed by atoms with van der Waals surface area (Å²) < 4.78 is 0. The average molecular weight is 255 g/mol. The molecule has 0 aromatic carbocycles. The van der Waals surface area contributed by atoms with Gasteiger partial charge in [-0.3, -0.25) is 14.9 Å². The first kappa shape index (κ1) is 15.0. The molecule has 0 spiro atoms. The Morgan fingerprint density at radius 3 is 2.00 bits per heavy atom. The fraction of sp³-hybridized carbons (Fsp3) is 0.846. The molecular formula is C13H25N3O2. The second-order valence-corrected chi connectivity index (χ2v) is 4.58. The predicted octanol–water partition coefficient (Wildman–Crippen LogP) is 0.455. The maximum Gasteiger partial charge on any atom is 0.236 e.